The Morgan fingerprint density at radius 3 is 2.43 bits per heavy atom. The Morgan fingerprint density at radius 1 is 1.23 bits per heavy atom. The van der Waals surface area contributed by atoms with Gasteiger partial charge in [-0.1, -0.05) is 13.8 Å². The molecule has 0 saturated carbocycles. The first-order valence-electron chi connectivity index (χ1n) is 10.9. The van der Waals surface area contributed by atoms with Gasteiger partial charge in [0.2, 0.25) is 17.5 Å². The molecule has 1 aliphatic heterocycles. The maximum absolute atomic E-state index is 14.2. The van der Waals surface area contributed by atoms with E-state index in [9.17, 15) is 43.1 Å². The van der Waals surface area contributed by atoms with Crippen molar-refractivity contribution in [3.8, 4) is 0 Å². The molecule has 0 amide bonds. The molecule has 2 aromatic rings. The lowest BCUT2D eigenvalue weighted by atomic mass is 9.92. The van der Waals surface area contributed by atoms with Crippen LogP contribution in [0.15, 0.2) is 15.8 Å². The Labute approximate surface area is 197 Å². The SMILES string of the molecule is CCC(C)(C[C@H]1O[C@@H](c2cn3c(F)c(F)c(=O)[nH]c3nc2=O)[C@@H](O)C1O)OP(=O)(O)C(C)(O)CC. The number of nitrogens with one attached hydrogen (secondary N) is 1. The molecule has 0 bridgehead atoms. The number of aromatic nitrogens is 3. The van der Waals surface area contributed by atoms with Gasteiger partial charge >= 0.3 is 7.60 Å². The third-order valence-corrected chi connectivity index (χ3v) is 8.66. The molecule has 1 aliphatic rings. The molecule has 0 spiro atoms. The van der Waals surface area contributed by atoms with Crippen LogP contribution in [-0.2, 0) is 13.8 Å². The number of H-pyrrole nitrogens is 1. The predicted molar refractivity (Wildman–Crippen MR) is 117 cm³/mol. The fourth-order valence-electron chi connectivity index (χ4n) is 3.70. The normalized spacial score (nSPS) is 27.9. The van der Waals surface area contributed by atoms with Crippen LogP contribution >= 0.6 is 7.60 Å². The van der Waals surface area contributed by atoms with E-state index >= 15 is 0 Å². The molecule has 0 aromatic carbocycles. The Hall–Kier alpha value is -2.06. The summed E-state index contributed by atoms with van der Waals surface area (Å²) in [5.74, 6) is -3.96. The van der Waals surface area contributed by atoms with E-state index < -0.39 is 77.2 Å². The third-order valence-electron chi connectivity index (χ3n) is 6.44. The number of nitrogens with zero attached hydrogens (tertiary/aromatic N) is 2. The van der Waals surface area contributed by atoms with Crippen LogP contribution in [0, 0.1) is 11.8 Å². The predicted octanol–water partition coefficient (Wildman–Crippen LogP) is 0.702. The van der Waals surface area contributed by atoms with Crippen LogP contribution in [0.2, 0.25) is 0 Å². The Balaban J connectivity index is 1.93. The number of hydrogen-bond donors (Lipinski definition) is 5. The van der Waals surface area contributed by atoms with E-state index in [1.165, 1.54) is 13.8 Å². The molecule has 1 saturated heterocycles. The number of rotatable bonds is 8. The quantitative estimate of drug-likeness (QED) is 0.244. The van der Waals surface area contributed by atoms with Crippen LogP contribution in [0.5, 0.6) is 0 Å². The number of aromatic amines is 1. The third kappa shape index (κ3) is 4.96. The van der Waals surface area contributed by atoms with Gasteiger partial charge in [-0.15, -0.1) is 0 Å². The molecule has 15 heteroatoms. The molecule has 12 nitrogen and oxygen atoms in total. The molecular formula is C20H28F2N3O9P. The number of ether oxygens (including phenoxy) is 1. The fourth-order valence-corrected chi connectivity index (χ4v) is 5.10. The highest BCUT2D eigenvalue weighted by Crippen LogP contribution is 2.59. The second kappa shape index (κ2) is 9.43. The summed E-state index contributed by atoms with van der Waals surface area (Å²) in [6, 6.07) is 0. The van der Waals surface area contributed by atoms with Crippen molar-refractivity contribution in [1.82, 2.24) is 14.4 Å². The number of fused-ring (bicyclic) bond motifs is 1. The molecular weight excluding hydrogens is 495 g/mol. The molecule has 2 aromatic heterocycles. The smallest absolute Gasteiger partial charge is 0.359 e. The first-order valence-corrected chi connectivity index (χ1v) is 12.4. The molecule has 3 rings (SSSR count). The summed E-state index contributed by atoms with van der Waals surface area (Å²) in [5.41, 5.74) is -4.29. The standard InChI is InChI=1S/C20H28F2N3O9P/c1-5-19(3,34-35(31,32)20(4,30)6-2)7-10-12(26)13(27)14(33-10)9-8-25-15(22)11(21)17(29)24-18(25)23-16(9)28/h8,10,12-14,26-27,30H,5-7H2,1-4H3,(H,31,32)(H,23,24,28,29)/t10-,12?,13+,14+,19?,20?/m1/s1. The lowest BCUT2D eigenvalue weighted by Gasteiger charge is -2.37. The number of hydrogen-bond acceptors (Lipinski definition) is 9. The van der Waals surface area contributed by atoms with Crippen molar-refractivity contribution in [2.45, 2.75) is 82.3 Å². The van der Waals surface area contributed by atoms with Crippen molar-refractivity contribution in [3.05, 3.63) is 44.2 Å². The van der Waals surface area contributed by atoms with Crippen molar-refractivity contribution >= 4 is 13.4 Å². The van der Waals surface area contributed by atoms with E-state index in [0.29, 0.717) is 4.40 Å². The van der Waals surface area contributed by atoms with Crippen molar-refractivity contribution in [3.63, 3.8) is 0 Å². The number of aliphatic hydroxyl groups excluding tert-OH is 2. The van der Waals surface area contributed by atoms with E-state index in [2.05, 4.69) is 4.98 Å². The van der Waals surface area contributed by atoms with Crippen LogP contribution in [0.4, 0.5) is 8.78 Å². The molecule has 0 aliphatic carbocycles. The summed E-state index contributed by atoms with van der Waals surface area (Å²) < 4.78 is 52.2. The minimum atomic E-state index is -4.56. The summed E-state index contributed by atoms with van der Waals surface area (Å²) in [7, 11) is -4.56. The van der Waals surface area contributed by atoms with Crippen molar-refractivity contribution in [1.29, 1.82) is 0 Å². The van der Waals surface area contributed by atoms with Gasteiger partial charge in [0.05, 0.1) is 17.3 Å². The van der Waals surface area contributed by atoms with Crippen molar-refractivity contribution in [2.24, 2.45) is 0 Å². The van der Waals surface area contributed by atoms with Crippen LogP contribution in [-0.4, -0.2) is 63.8 Å². The van der Waals surface area contributed by atoms with Gasteiger partial charge in [0.1, 0.15) is 18.3 Å². The minimum absolute atomic E-state index is 0.0781. The first-order chi connectivity index (χ1) is 16.1. The van der Waals surface area contributed by atoms with Gasteiger partial charge in [0.15, 0.2) is 5.34 Å². The maximum Gasteiger partial charge on any atom is 0.359 e. The zero-order chi connectivity index (χ0) is 26.5. The van der Waals surface area contributed by atoms with Crippen molar-refractivity contribution in [2.75, 3.05) is 0 Å². The van der Waals surface area contributed by atoms with E-state index in [0.717, 1.165) is 13.1 Å². The molecule has 7 atom stereocenters. The molecule has 0 radical (unpaired) electrons. The number of halogens is 2. The molecule has 4 unspecified atom stereocenters. The van der Waals surface area contributed by atoms with Crippen LogP contribution in [0.1, 0.15) is 58.6 Å². The fraction of sp³-hybridized carbons (Fsp3) is 0.650. The van der Waals surface area contributed by atoms with E-state index in [1.54, 1.807) is 6.92 Å². The van der Waals surface area contributed by atoms with Crippen LogP contribution in [0.25, 0.3) is 5.78 Å². The summed E-state index contributed by atoms with van der Waals surface area (Å²) in [5, 5.41) is 29.3. The zero-order valence-corrected chi connectivity index (χ0v) is 20.3. The Kier molecular flexibility index (Phi) is 7.42. The molecule has 5 N–H and O–H groups in total. The van der Waals surface area contributed by atoms with Gasteiger partial charge in [-0.2, -0.15) is 13.8 Å². The summed E-state index contributed by atoms with van der Waals surface area (Å²) in [4.78, 5) is 39.6. The highest BCUT2D eigenvalue weighted by Gasteiger charge is 2.51. The van der Waals surface area contributed by atoms with Gasteiger partial charge in [0.25, 0.3) is 11.1 Å². The topological polar surface area (TPSA) is 184 Å². The van der Waals surface area contributed by atoms with Gasteiger partial charge in [-0.05, 0) is 26.7 Å². The van der Waals surface area contributed by atoms with Crippen LogP contribution < -0.4 is 11.1 Å². The molecule has 35 heavy (non-hydrogen) atoms. The average molecular weight is 523 g/mol. The molecule has 1 fully saturated rings. The highest BCUT2D eigenvalue weighted by molar-refractivity contribution is 7.54. The lowest BCUT2D eigenvalue weighted by Crippen LogP contribution is -2.40. The summed E-state index contributed by atoms with van der Waals surface area (Å²) in [6.07, 6.45) is -5.43. The first kappa shape index (κ1) is 27.5. The van der Waals surface area contributed by atoms with Gasteiger partial charge in [-0.25, -0.2) is 0 Å². The lowest BCUT2D eigenvalue weighted by molar-refractivity contribution is -0.0533. The van der Waals surface area contributed by atoms with Crippen molar-refractivity contribution < 1.29 is 42.8 Å². The minimum Gasteiger partial charge on any atom is -0.388 e. The molecule has 3 heterocycles. The second-order valence-electron chi connectivity index (χ2n) is 9.02. The Bertz CT molecular complexity index is 1280. The van der Waals surface area contributed by atoms with E-state index in [4.69, 9.17) is 9.26 Å². The Morgan fingerprint density at radius 2 is 1.86 bits per heavy atom. The highest BCUT2D eigenvalue weighted by atomic mass is 31.2. The van der Waals surface area contributed by atoms with Gasteiger partial charge in [0, 0.05) is 12.6 Å². The van der Waals surface area contributed by atoms with Gasteiger partial charge < -0.3 is 29.5 Å². The zero-order valence-electron chi connectivity index (χ0n) is 19.4. The maximum atomic E-state index is 14.2. The summed E-state index contributed by atoms with van der Waals surface area (Å²) in [6.45, 7) is 5.74. The number of aliphatic hydroxyl groups is 3. The van der Waals surface area contributed by atoms with Crippen LogP contribution in [0.3, 0.4) is 0 Å². The second-order valence-corrected chi connectivity index (χ2v) is 11.2. The van der Waals surface area contributed by atoms with Gasteiger partial charge in [-0.3, -0.25) is 23.5 Å². The van der Waals surface area contributed by atoms with E-state index in [1.807, 2.05) is 4.98 Å². The van der Waals surface area contributed by atoms with E-state index in [-0.39, 0.29) is 19.3 Å². The molecule has 196 valence electrons. The monoisotopic (exact) mass is 523 g/mol. The largest absolute Gasteiger partial charge is 0.388 e. The summed E-state index contributed by atoms with van der Waals surface area (Å²) >= 11 is 0. The average Bonchev–Trinajstić information content (AvgIpc) is 3.04.